The number of nitrogens with two attached hydrogens (primary N) is 1. The number of amides is 1. The van der Waals surface area contributed by atoms with Crippen LogP contribution in [0, 0.1) is 11.3 Å². The molecule has 2 heterocycles. The third-order valence-corrected chi connectivity index (χ3v) is 4.24. The number of nitrogens with zero attached hydrogens (tertiary/aromatic N) is 1. The molecule has 2 aliphatic rings. The molecule has 2 aliphatic heterocycles. The first-order chi connectivity index (χ1) is 8.18. The zero-order valence-corrected chi connectivity index (χ0v) is 10.8. The summed E-state index contributed by atoms with van der Waals surface area (Å²) in [6.07, 6.45) is 3.94. The van der Waals surface area contributed by atoms with Crippen molar-refractivity contribution < 1.29 is 9.53 Å². The average molecular weight is 240 g/mol. The Labute approximate surface area is 103 Å². The van der Waals surface area contributed by atoms with Gasteiger partial charge in [0.1, 0.15) is 0 Å². The highest BCUT2D eigenvalue weighted by Crippen LogP contribution is 2.33. The normalized spacial score (nSPS) is 29.1. The van der Waals surface area contributed by atoms with E-state index < -0.39 is 0 Å². The molecule has 0 spiro atoms. The molecule has 2 fully saturated rings. The van der Waals surface area contributed by atoms with Crippen LogP contribution < -0.4 is 5.73 Å². The lowest BCUT2D eigenvalue weighted by atomic mass is 9.78. The molecule has 1 amide bonds. The Morgan fingerprint density at radius 3 is 2.76 bits per heavy atom. The van der Waals surface area contributed by atoms with Crippen LogP contribution in [0.25, 0.3) is 0 Å². The van der Waals surface area contributed by atoms with Crippen molar-refractivity contribution in [3.63, 3.8) is 0 Å². The molecule has 0 aromatic heterocycles. The van der Waals surface area contributed by atoms with Crippen LogP contribution in [0.2, 0.25) is 0 Å². The fourth-order valence-corrected chi connectivity index (χ4v) is 2.98. The highest BCUT2D eigenvalue weighted by atomic mass is 16.5. The van der Waals surface area contributed by atoms with Gasteiger partial charge in [-0.2, -0.15) is 0 Å². The molecular formula is C13H24N2O2. The number of hydrogen-bond donors (Lipinski definition) is 1. The second-order valence-corrected chi connectivity index (χ2v) is 5.60. The first-order valence-corrected chi connectivity index (χ1v) is 6.75. The summed E-state index contributed by atoms with van der Waals surface area (Å²) in [5, 5.41) is 0. The lowest BCUT2D eigenvalue weighted by molar-refractivity contribution is -0.149. The molecule has 2 saturated heterocycles. The third kappa shape index (κ3) is 2.63. The van der Waals surface area contributed by atoms with E-state index in [0.717, 1.165) is 32.4 Å². The van der Waals surface area contributed by atoms with Crippen LogP contribution in [-0.2, 0) is 9.53 Å². The molecule has 4 heteroatoms. The molecular weight excluding hydrogens is 216 g/mol. The second-order valence-electron chi connectivity index (χ2n) is 5.60. The minimum Gasteiger partial charge on any atom is -0.381 e. The number of ether oxygens (including phenoxy) is 1. The highest BCUT2D eigenvalue weighted by molar-refractivity contribution is 5.83. The van der Waals surface area contributed by atoms with Crippen LogP contribution in [0.5, 0.6) is 0 Å². The zero-order valence-electron chi connectivity index (χ0n) is 10.8. The molecule has 0 radical (unpaired) electrons. The predicted molar refractivity (Wildman–Crippen MR) is 66.5 cm³/mol. The van der Waals surface area contributed by atoms with E-state index in [4.69, 9.17) is 10.5 Å². The van der Waals surface area contributed by atoms with E-state index in [0.29, 0.717) is 25.7 Å². The highest BCUT2D eigenvalue weighted by Gasteiger charge is 2.42. The van der Waals surface area contributed by atoms with Gasteiger partial charge >= 0.3 is 0 Å². The molecule has 0 bridgehead atoms. The van der Waals surface area contributed by atoms with E-state index in [2.05, 4.69) is 6.92 Å². The summed E-state index contributed by atoms with van der Waals surface area (Å²) < 4.78 is 5.36. The van der Waals surface area contributed by atoms with Gasteiger partial charge < -0.3 is 15.4 Å². The van der Waals surface area contributed by atoms with Gasteiger partial charge in [-0.05, 0) is 31.6 Å². The van der Waals surface area contributed by atoms with Crippen molar-refractivity contribution in [1.29, 1.82) is 0 Å². The third-order valence-electron chi connectivity index (χ3n) is 4.24. The Hall–Kier alpha value is -0.610. The summed E-state index contributed by atoms with van der Waals surface area (Å²) in [6, 6.07) is 0. The maximum Gasteiger partial charge on any atom is 0.230 e. The molecule has 1 unspecified atom stereocenters. The monoisotopic (exact) mass is 240 g/mol. The zero-order chi connectivity index (χ0) is 12.3. The van der Waals surface area contributed by atoms with Gasteiger partial charge in [0.25, 0.3) is 0 Å². The minimum absolute atomic E-state index is 0.273. The van der Waals surface area contributed by atoms with Crippen molar-refractivity contribution in [1.82, 2.24) is 4.90 Å². The Morgan fingerprint density at radius 2 is 2.18 bits per heavy atom. The Bertz CT molecular complexity index is 275. The lowest BCUT2D eigenvalue weighted by Crippen LogP contribution is -2.53. The minimum atomic E-state index is -0.338. The standard InChI is InChI=1S/C13H24N2O2/c1-11-3-2-6-15(9-11)12(16)13(10-14)4-7-17-8-5-13/h11H,2-10,14H2,1H3. The van der Waals surface area contributed by atoms with Crippen LogP contribution in [0.4, 0.5) is 0 Å². The summed E-state index contributed by atoms with van der Waals surface area (Å²) in [5.41, 5.74) is 5.54. The Balaban J connectivity index is 2.05. The van der Waals surface area contributed by atoms with Gasteiger partial charge in [0.05, 0.1) is 5.41 Å². The largest absolute Gasteiger partial charge is 0.381 e. The topological polar surface area (TPSA) is 55.6 Å². The summed E-state index contributed by atoms with van der Waals surface area (Å²) in [7, 11) is 0. The van der Waals surface area contributed by atoms with Crippen molar-refractivity contribution >= 4 is 5.91 Å². The molecule has 0 aromatic rings. The van der Waals surface area contributed by atoms with E-state index in [1.54, 1.807) is 0 Å². The summed E-state index contributed by atoms with van der Waals surface area (Å²) >= 11 is 0. The van der Waals surface area contributed by atoms with Crippen molar-refractivity contribution in [3.8, 4) is 0 Å². The van der Waals surface area contributed by atoms with Crippen LogP contribution in [0.3, 0.4) is 0 Å². The number of rotatable bonds is 2. The molecule has 0 aromatic carbocycles. The Kier molecular flexibility index (Phi) is 4.05. The van der Waals surface area contributed by atoms with Gasteiger partial charge in [0.2, 0.25) is 5.91 Å². The van der Waals surface area contributed by atoms with Gasteiger partial charge in [-0.15, -0.1) is 0 Å². The molecule has 98 valence electrons. The first kappa shape index (κ1) is 12.8. The average Bonchev–Trinajstić information content (AvgIpc) is 2.38. The molecule has 17 heavy (non-hydrogen) atoms. The smallest absolute Gasteiger partial charge is 0.230 e. The SMILES string of the molecule is CC1CCCN(C(=O)C2(CN)CCOCC2)C1. The van der Waals surface area contributed by atoms with Crippen LogP contribution in [0.15, 0.2) is 0 Å². The number of hydrogen-bond acceptors (Lipinski definition) is 3. The molecule has 2 rings (SSSR count). The lowest BCUT2D eigenvalue weighted by Gasteiger charge is -2.41. The van der Waals surface area contributed by atoms with E-state index in [1.807, 2.05) is 4.90 Å². The summed E-state index contributed by atoms with van der Waals surface area (Å²) in [4.78, 5) is 14.7. The fourth-order valence-electron chi connectivity index (χ4n) is 2.98. The number of carbonyl (C=O) groups excluding carboxylic acids is 1. The Morgan fingerprint density at radius 1 is 1.47 bits per heavy atom. The van der Waals surface area contributed by atoms with Crippen molar-refractivity contribution in [2.45, 2.75) is 32.6 Å². The van der Waals surface area contributed by atoms with Crippen molar-refractivity contribution in [2.24, 2.45) is 17.1 Å². The number of carbonyl (C=O) groups is 1. The van der Waals surface area contributed by atoms with Gasteiger partial charge in [0.15, 0.2) is 0 Å². The van der Waals surface area contributed by atoms with Gasteiger partial charge in [-0.1, -0.05) is 6.92 Å². The summed E-state index contributed by atoms with van der Waals surface area (Å²) in [6.45, 7) is 5.84. The predicted octanol–water partition coefficient (Wildman–Crippen LogP) is 1.00. The van der Waals surface area contributed by atoms with E-state index in [-0.39, 0.29) is 11.3 Å². The van der Waals surface area contributed by atoms with Crippen molar-refractivity contribution in [3.05, 3.63) is 0 Å². The van der Waals surface area contributed by atoms with E-state index in [9.17, 15) is 4.79 Å². The van der Waals surface area contributed by atoms with E-state index in [1.165, 1.54) is 6.42 Å². The molecule has 4 nitrogen and oxygen atoms in total. The van der Waals surface area contributed by atoms with E-state index >= 15 is 0 Å². The summed E-state index contributed by atoms with van der Waals surface area (Å²) in [5.74, 6) is 0.900. The quantitative estimate of drug-likeness (QED) is 0.783. The second kappa shape index (κ2) is 5.36. The van der Waals surface area contributed by atoms with Crippen LogP contribution in [-0.4, -0.2) is 43.7 Å². The maximum absolute atomic E-state index is 12.6. The van der Waals surface area contributed by atoms with Gasteiger partial charge in [0, 0.05) is 32.8 Å². The first-order valence-electron chi connectivity index (χ1n) is 6.75. The molecule has 2 N–H and O–H groups in total. The molecule has 1 atom stereocenters. The van der Waals surface area contributed by atoms with Gasteiger partial charge in [-0.25, -0.2) is 0 Å². The van der Waals surface area contributed by atoms with Gasteiger partial charge in [-0.3, -0.25) is 4.79 Å². The fraction of sp³-hybridized carbons (Fsp3) is 0.923. The van der Waals surface area contributed by atoms with Crippen molar-refractivity contribution in [2.75, 3.05) is 32.8 Å². The molecule has 0 saturated carbocycles. The number of likely N-dealkylation sites (tertiary alicyclic amines) is 1. The maximum atomic E-state index is 12.6. The van der Waals surface area contributed by atoms with Crippen LogP contribution in [0.1, 0.15) is 32.6 Å². The number of piperidine rings is 1. The molecule has 0 aliphatic carbocycles. The van der Waals surface area contributed by atoms with Crippen LogP contribution >= 0.6 is 0 Å².